The van der Waals surface area contributed by atoms with Crippen LogP contribution in [0.15, 0.2) is 24.3 Å². The molecule has 1 atom stereocenters. The van der Waals surface area contributed by atoms with Crippen LogP contribution in [0, 0.1) is 0 Å². The van der Waals surface area contributed by atoms with Crippen LogP contribution in [0.25, 0.3) is 0 Å². The molecule has 4 nitrogen and oxygen atoms in total. The first-order chi connectivity index (χ1) is 10.1. The predicted octanol–water partition coefficient (Wildman–Crippen LogP) is 3.20. The second-order valence-electron chi connectivity index (χ2n) is 6.21. The lowest BCUT2D eigenvalue weighted by Crippen LogP contribution is -2.43. The Morgan fingerprint density at radius 3 is 2.45 bits per heavy atom. The molecule has 122 valence electrons. The number of ether oxygens (including phenoxy) is 1. The number of nitrogens with one attached hydrogen (secondary N) is 1. The van der Waals surface area contributed by atoms with Gasteiger partial charge in [-0.15, -0.1) is 0 Å². The van der Waals surface area contributed by atoms with Gasteiger partial charge in [0.05, 0.1) is 0 Å². The fraction of sp³-hybridized carbons (Fsp3) is 0.533. The summed E-state index contributed by atoms with van der Waals surface area (Å²) in [5, 5.41) is 0.929. The Labute approximate surface area is 127 Å². The second kappa shape index (κ2) is 5.79. The van der Waals surface area contributed by atoms with Crippen LogP contribution in [0.4, 0.5) is 13.2 Å². The third kappa shape index (κ3) is 4.13. The third-order valence-electron chi connectivity index (χ3n) is 3.07. The van der Waals surface area contributed by atoms with Gasteiger partial charge in [0, 0.05) is 13.0 Å². The molecule has 2 rings (SSSR count). The first-order valence-corrected chi connectivity index (χ1v) is 6.98. The summed E-state index contributed by atoms with van der Waals surface area (Å²) < 4.78 is 45.9. The summed E-state index contributed by atoms with van der Waals surface area (Å²) in [4.78, 5) is 11.2. The summed E-state index contributed by atoms with van der Waals surface area (Å²) in [6.07, 6.45) is -4.44. The highest BCUT2D eigenvalue weighted by Crippen LogP contribution is 2.39. The van der Waals surface area contributed by atoms with Crippen molar-refractivity contribution in [3.63, 3.8) is 0 Å². The molecule has 0 radical (unpaired) electrons. The molecule has 1 aliphatic rings. The first kappa shape index (κ1) is 16.6. The van der Waals surface area contributed by atoms with E-state index in [9.17, 15) is 18.0 Å². The molecule has 1 fully saturated rings. The van der Waals surface area contributed by atoms with Gasteiger partial charge >= 0.3 is 6.18 Å². The molecular weight excluding hydrogens is 297 g/mol. The lowest BCUT2D eigenvalue weighted by molar-refractivity contribution is -0.191. The summed E-state index contributed by atoms with van der Waals surface area (Å²) in [5.41, 5.74) is 1.79. The molecule has 0 aliphatic carbocycles. The molecule has 22 heavy (non-hydrogen) atoms. The average Bonchev–Trinajstić information content (AvgIpc) is 2.72. The van der Waals surface area contributed by atoms with Gasteiger partial charge in [-0.2, -0.15) is 13.2 Å². The summed E-state index contributed by atoms with van der Waals surface area (Å²) in [6.45, 7) is 5.48. The number of halogens is 3. The van der Waals surface area contributed by atoms with Crippen molar-refractivity contribution in [2.24, 2.45) is 0 Å². The van der Waals surface area contributed by atoms with Crippen molar-refractivity contribution in [2.75, 3.05) is 6.54 Å². The summed E-state index contributed by atoms with van der Waals surface area (Å²) >= 11 is 0. The van der Waals surface area contributed by atoms with E-state index in [1.807, 2.05) is 20.8 Å². The lowest BCUT2D eigenvalue weighted by atomic mass is 10.1. The zero-order valence-corrected chi connectivity index (χ0v) is 12.7. The highest BCUT2D eigenvalue weighted by atomic mass is 19.4. The number of nitrogens with zero attached hydrogens (tertiary/aromatic N) is 1. The largest absolute Gasteiger partial charge is 0.488 e. The molecule has 1 amide bonds. The number of hydrogen-bond donors (Lipinski definition) is 1. The topological polar surface area (TPSA) is 41.6 Å². The number of hydrazine groups is 1. The summed E-state index contributed by atoms with van der Waals surface area (Å²) in [5.74, 6) is -0.0406. The number of carbonyl (C=O) groups excluding carboxylic acids is 1. The molecule has 0 spiro atoms. The predicted molar refractivity (Wildman–Crippen MR) is 75.1 cm³/mol. The van der Waals surface area contributed by atoms with Crippen LogP contribution in [-0.2, 0) is 4.79 Å². The summed E-state index contributed by atoms with van der Waals surface area (Å²) in [7, 11) is 0. The monoisotopic (exact) mass is 316 g/mol. The number of benzene rings is 1. The zero-order valence-electron chi connectivity index (χ0n) is 12.7. The Bertz CT molecular complexity index is 552. The highest BCUT2D eigenvalue weighted by molar-refractivity contribution is 5.77. The van der Waals surface area contributed by atoms with E-state index in [4.69, 9.17) is 4.74 Å². The molecule has 7 heteroatoms. The van der Waals surface area contributed by atoms with Crippen LogP contribution in [0.2, 0.25) is 0 Å². The molecule has 1 heterocycles. The van der Waals surface area contributed by atoms with Crippen LogP contribution < -0.4 is 10.2 Å². The van der Waals surface area contributed by atoms with Crippen LogP contribution in [0.3, 0.4) is 0 Å². The molecule has 1 aromatic rings. The summed E-state index contributed by atoms with van der Waals surface area (Å²) in [6, 6.07) is 4.01. The van der Waals surface area contributed by atoms with Crippen molar-refractivity contribution in [3.05, 3.63) is 29.8 Å². The van der Waals surface area contributed by atoms with Crippen LogP contribution in [0.1, 0.15) is 38.8 Å². The van der Waals surface area contributed by atoms with Gasteiger partial charge < -0.3 is 4.74 Å². The molecule has 0 bridgehead atoms. The molecule has 1 unspecified atom stereocenters. The van der Waals surface area contributed by atoms with Gasteiger partial charge in [0.25, 0.3) is 0 Å². The SMILES string of the molecule is CC(C)(C)Oc1cccc(C(N2CCC(=O)N2)C(F)(F)F)c1. The Morgan fingerprint density at radius 1 is 1.27 bits per heavy atom. The van der Waals surface area contributed by atoms with Gasteiger partial charge in [0.1, 0.15) is 17.4 Å². The molecule has 1 saturated heterocycles. The third-order valence-corrected chi connectivity index (χ3v) is 3.07. The van der Waals surface area contributed by atoms with E-state index >= 15 is 0 Å². The molecule has 0 aromatic heterocycles. The maximum absolute atomic E-state index is 13.4. The molecule has 1 aliphatic heterocycles. The van der Waals surface area contributed by atoms with Gasteiger partial charge in [-0.25, -0.2) is 5.01 Å². The van der Waals surface area contributed by atoms with Crippen molar-refractivity contribution >= 4 is 5.91 Å². The van der Waals surface area contributed by atoms with E-state index in [1.165, 1.54) is 18.2 Å². The van der Waals surface area contributed by atoms with Gasteiger partial charge in [-0.3, -0.25) is 10.2 Å². The number of rotatable bonds is 3. The molecule has 0 saturated carbocycles. The molecule has 1 N–H and O–H groups in total. The van der Waals surface area contributed by atoms with Gasteiger partial charge in [0.2, 0.25) is 5.91 Å². The van der Waals surface area contributed by atoms with E-state index in [0.29, 0.717) is 5.75 Å². The number of carbonyl (C=O) groups is 1. The lowest BCUT2D eigenvalue weighted by Gasteiger charge is -2.30. The number of hydrogen-bond acceptors (Lipinski definition) is 3. The van der Waals surface area contributed by atoms with Crippen molar-refractivity contribution < 1.29 is 22.7 Å². The fourth-order valence-electron chi connectivity index (χ4n) is 2.33. The van der Waals surface area contributed by atoms with Crippen molar-refractivity contribution in [3.8, 4) is 5.75 Å². The van der Waals surface area contributed by atoms with E-state index < -0.39 is 23.7 Å². The van der Waals surface area contributed by atoms with Gasteiger partial charge in [-0.05, 0) is 38.5 Å². The molecule has 1 aromatic carbocycles. The maximum Gasteiger partial charge on any atom is 0.409 e. The maximum atomic E-state index is 13.4. The van der Waals surface area contributed by atoms with Gasteiger partial charge in [-0.1, -0.05) is 12.1 Å². The first-order valence-electron chi connectivity index (χ1n) is 6.98. The van der Waals surface area contributed by atoms with Crippen molar-refractivity contribution in [1.29, 1.82) is 0 Å². The normalized spacial score (nSPS) is 18.2. The smallest absolute Gasteiger partial charge is 0.409 e. The molecular formula is C15H19F3N2O2. The van der Waals surface area contributed by atoms with Crippen molar-refractivity contribution in [2.45, 2.75) is 45.0 Å². The Balaban J connectivity index is 2.32. The van der Waals surface area contributed by atoms with Crippen LogP contribution in [-0.4, -0.2) is 29.2 Å². The highest BCUT2D eigenvalue weighted by Gasteiger charge is 2.47. The van der Waals surface area contributed by atoms with Crippen molar-refractivity contribution in [1.82, 2.24) is 10.4 Å². The average molecular weight is 316 g/mol. The van der Waals surface area contributed by atoms with E-state index in [1.54, 1.807) is 6.07 Å². The fourth-order valence-corrected chi connectivity index (χ4v) is 2.33. The zero-order chi connectivity index (χ0) is 16.5. The quantitative estimate of drug-likeness (QED) is 0.931. The van der Waals surface area contributed by atoms with Crippen LogP contribution >= 0.6 is 0 Å². The minimum absolute atomic E-state index is 0.0212. The van der Waals surface area contributed by atoms with E-state index in [0.717, 1.165) is 5.01 Å². The Morgan fingerprint density at radius 2 is 1.95 bits per heavy atom. The number of amides is 1. The minimum Gasteiger partial charge on any atom is -0.488 e. The van der Waals surface area contributed by atoms with Crippen LogP contribution in [0.5, 0.6) is 5.75 Å². The second-order valence-corrected chi connectivity index (χ2v) is 6.21. The van der Waals surface area contributed by atoms with E-state index in [2.05, 4.69) is 5.43 Å². The van der Waals surface area contributed by atoms with Gasteiger partial charge in [0.15, 0.2) is 0 Å². The Hall–Kier alpha value is -1.76. The number of alkyl halides is 3. The minimum atomic E-state index is -4.50. The Kier molecular flexibility index (Phi) is 4.37. The standard InChI is InChI=1S/C15H19F3N2O2/c1-14(2,3)22-11-6-4-5-10(9-11)13(15(16,17)18)20-8-7-12(21)19-20/h4-6,9,13H,7-8H2,1-3H3,(H,19,21). The van der Waals surface area contributed by atoms with E-state index in [-0.39, 0.29) is 18.5 Å².